The van der Waals surface area contributed by atoms with Gasteiger partial charge in [-0.25, -0.2) is 4.98 Å². The smallest absolute Gasteiger partial charge is 0.0954 e. The van der Waals surface area contributed by atoms with E-state index in [4.69, 9.17) is 23.2 Å². The van der Waals surface area contributed by atoms with Crippen molar-refractivity contribution >= 4 is 28.8 Å². The lowest BCUT2D eigenvalue weighted by atomic mass is 9.84. The Morgan fingerprint density at radius 1 is 0.828 bits per heavy atom. The second-order valence-electron chi connectivity index (χ2n) is 6.95. The quantitative estimate of drug-likeness (QED) is 0.326. The summed E-state index contributed by atoms with van der Waals surface area (Å²) in [5.41, 5.74) is 5.43. The van der Waals surface area contributed by atoms with Gasteiger partial charge in [-0.15, -0.1) is 0 Å². The van der Waals surface area contributed by atoms with Gasteiger partial charge in [-0.05, 0) is 46.5 Å². The molecule has 0 amide bonds. The van der Waals surface area contributed by atoms with Crippen molar-refractivity contribution in [2.24, 2.45) is 0 Å². The molecule has 3 aromatic carbocycles. The maximum atomic E-state index is 6.12. The summed E-state index contributed by atoms with van der Waals surface area (Å²) in [6.07, 6.45) is 3.73. The predicted octanol–water partition coefficient (Wildman–Crippen LogP) is 7.08. The van der Waals surface area contributed by atoms with E-state index in [1.807, 2.05) is 79.3 Å². The van der Waals surface area contributed by atoms with Crippen LogP contribution in [0, 0.1) is 0 Å². The number of allylic oxidation sites excluding steroid dienone is 1. The standard InChI is InChI=1S/C25H20Cl2N2/c1-18(24-15-28-17-29(24)16-19-5-3-2-4-6-19)25(20-7-11-22(26)12-8-20)21-9-13-23(27)14-10-21/h2-15,17,25H,1,16H2. The lowest BCUT2D eigenvalue weighted by molar-refractivity contribution is 0.780. The Morgan fingerprint density at radius 3 is 1.93 bits per heavy atom. The predicted molar refractivity (Wildman–Crippen MR) is 122 cm³/mol. The monoisotopic (exact) mass is 418 g/mol. The Labute approximate surface area is 181 Å². The van der Waals surface area contributed by atoms with Gasteiger partial charge >= 0.3 is 0 Å². The molecule has 29 heavy (non-hydrogen) atoms. The van der Waals surface area contributed by atoms with E-state index in [0.717, 1.165) is 28.9 Å². The third-order valence-corrected chi connectivity index (χ3v) is 5.50. The molecule has 0 radical (unpaired) electrons. The van der Waals surface area contributed by atoms with Gasteiger partial charge in [0, 0.05) is 22.5 Å². The number of aromatic nitrogens is 2. The Kier molecular flexibility index (Phi) is 5.84. The lowest BCUT2D eigenvalue weighted by Crippen LogP contribution is -2.09. The SMILES string of the molecule is C=C(c1cncn1Cc1ccccc1)C(c1ccc(Cl)cc1)c1ccc(Cl)cc1. The molecule has 0 fully saturated rings. The van der Waals surface area contributed by atoms with E-state index < -0.39 is 0 Å². The second kappa shape index (κ2) is 8.69. The van der Waals surface area contributed by atoms with E-state index in [2.05, 4.69) is 28.3 Å². The summed E-state index contributed by atoms with van der Waals surface area (Å²) >= 11 is 12.2. The van der Waals surface area contributed by atoms with Crippen molar-refractivity contribution in [2.75, 3.05) is 0 Å². The third kappa shape index (κ3) is 4.45. The summed E-state index contributed by atoms with van der Waals surface area (Å²) in [5, 5.41) is 1.42. The van der Waals surface area contributed by atoms with Crippen LogP contribution in [0.4, 0.5) is 0 Å². The van der Waals surface area contributed by atoms with Gasteiger partial charge in [-0.3, -0.25) is 0 Å². The fourth-order valence-electron chi connectivity index (χ4n) is 3.55. The average molecular weight is 419 g/mol. The molecule has 0 spiro atoms. The number of nitrogens with zero attached hydrogens (tertiary/aromatic N) is 2. The minimum absolute atomic E-state index is 0.0317. The van der Waals surface area contributed by atoms with Crippen LogP contribution < -0.4 is 0 Å². The Balaban J connectivity index is 1.73. The van der Waals surface area contributed by atoms with Gasteiger partial charge in [0.05, 0.1) is 18.2 Å². The van der Waals surface area contributed by atoms with Crippen LogP contribution in [0.3, 0.4) is 0 Å². The topological polar surface area (TPSA) is 17.8 Å². The van der Waals surface area contributed by atoms with Crippen LogP contribution in [0.5, 0.6) is 0 Å². The Morgan fingerprint density at radius 2 is 1.38 bits per heavy atom. The summed E-state index contributed by atoms with van der Waals surface area (Å²) < 4.78 is 2.14. The van der Waals surface area contributed by atoms with Crippen LogP contribution in [0.2, 0.25) is 10.0 Å². The number of hydrogen-bond donors (Lipinski definition) is 0. The normalized spacial score (nSPS) is 11.0. The average Bonchev–Trinajstić information content (AvgIpc) is 3.20. The molecule has 0 unspecified atom stereocenters. The van der Waals surface area contributed by atoms with Crippen LogP contribution in [-0.4, -0.2) is 9.55 Å². The zero-order chi connectivity index (χ0) is 20.2. The number of halogens is 2. The summed E-state index contributed by atoms with van der Waals surface area (Å²) in [4.78, 5) is 4.40. The first-order chi connectivity index (χ1) is 14.1. The zero-order valence-electron chi connectivity index (χ0n) is 15.8. The molecule has 1 aromatic heterocycles. The number of benzene rings is 3. The first-order valence-electron chi connectivity index (χ1n) is 9.36. The molecule has 4 heteroatoms. The highest BCUT2D eigenvalue weighted by Crippen LogP contribution is 2.37. The maximum absolute atomic E-state index is 6.12. The highest BCUT2D eigenvalue weighted by atomic mass is 35.5. The second-order valence-corrected chi connectivity index (χ2v) is 7.83. The van der Waals surface area contributed by atoms with Gasteiger partial charge in [-0.2, -0.15) is 0 Å². The van der Waals surface area contributed by atoms with E-state index in [0.29, 0.717) is 10.0 Å². The Hall–Kier alpha value is -2.81. The fourth-order valence-corrected chi connectivity index (χ4v) is 3.80. The molecule has 0 aliphatic carbocycles. The van der Waals surface area contributed by atoms with Gasteiger partial charge in [0.15, 0.2) is 0 Å². The summed E-state index contributed by atoms with van der Waals surface area (Å²) in [6.45, 7) is 5.21. The van der Waals surface area contributed by atoms with Crippen molar-refractivity contribution in [3.8, 4) is 0 Å². The largest absolute Gasteiger partial charge is 0.326 e. The van der Waals surface area contributed by atoms with Crippen molar-refractivity contribution in [3.63, 3.8) is 0 Å². The van der Waals surface area contributed by atoms with E-state index in [9.17, 15) is 0 Å². The van der Waals surface area contributed by atoms with Crippen LogP contribution >= 0.6 is 23.2 Å². The number of rotatable bonds is 6. The number of imidazole rings is 1. The molecule has 0 atom stereocenters. The highest BCUT2D eigenvalue weighted by Gasteiger charge is 2.21. The van der Waals surface area contributed by atoms with Crippen molar-refractivity contribution in [2.45, 2.75) is 12.5 Å². The summed E-state index contributed by atoms with van der Waals surface area (Å²) in [7, 11) is 0. The van der Waals surface area contributed by atoms with Gasteiger partial charge < -0.3 is 4.57 Å². The van der Waals surface area contributed by atoms with Crippen molar-refractivity contribution in [3.05, 3.63) is 130 Å². The summed E-state index contributed by atoms with van der Waals surface area (Å²) in [6, 6.07) is 26.2. The molecule has 0 saturated heterocycles. The molecular formula is C25H20Cl2N2. The molecular weight excluding hydrogens is 399 g/mol. The van der Waals surface area contributed by atoms with Crippen LogP contribution in [0.25, 0.3) is 5.57 Å². The van der Waals surface area contributed by atoms with E-state index >= 15 is 0 Å². The molecule has 0 aliphatic rings. The van der Waals surface area contributed by atoms with Gasteiger partial charge in [0.2, 0.25) is 0 Å². The van der Waals surface area contributed by atoms with Crippen molar-refractivity contribution in [1.29, 1.82) is 0 Å². The minimum Gasteiger partial charge on any atom is -0.326 e. The van der Waals surface area contributed by atoms with Crippen LogP contribution in [-0.2, 0) is 6.54 Å². The van der Waals surface area contributed by atoms with Gasteiger partial charge in [0.1, 0.15) is 0 Å². The molecule has 1 heterocycles. The van der Waals surface area contributed by atoms with Gasteiger partial charge in [0.25, 0.3) is 0 Å². The zero-order valence-corrected chi connectivity index (χ0v) is 17.3. The van der Waals surface area contributed by atoms with Crippen LogP contribution in [0.15, 0.2) is 98.0 Å². The minimum atomic E-state index is -0.0317. The molecule has 144 valence electrons. The number of hydrogen-bond acceptors (Lipinski definition) is 1. The van der Waals surface area contributed by atoms with E-state index in [1.54, 1.807) is 0 Å². The molecule has 0 N–H and O–H groups in total. The molecule has 2 nitrogen and oxygen atoms in total. The third-order valence-electron chi connectivity index (χ3n) is 4.99. The van der Waals surface area contributed by atoms with E-state index in [-0.39, 0.29) is 5.92 Å². The molecule has 0 bridgehead atoms. The van der Waals surface area contributed by atoms with Crippen LogP contribution in [0.1, 0.15) is 28.3 Å². The highest BCUT2D eigenvalue weighted by molar-refractivity contribution is 6.30. The van der Waals surface area contributed by atoms with Crippen molar-refractivity contribution in [1.82, 2.24) is 9.55 Å². The lowest BCUT2D eigenvalue weighted by Gasteiger charge is -2.22. The maximum Gasteiger partial charge on any atom is 0.0954 e. The molecule has 4 rings (SSSR count). The van der Waals surface area contributed by atoms with Crippen molar-refractivity contribution < 1.29 is 0 Å². The first kappa shape index (κ1) is 19.5. The summed E-state index contributed by atoms with van der Waals surface area (Å²) in [5.74, 6) is -0.0317. The molecule has 4 aromatic rings. The van der Waals surface area contributed by atoms with Gasteiger partial charge in [-0.1, -0.05) is 84.4 Å². The van der Waals surface area contributed by atoms with E-state index in [1.165, 1.54) is 5.56 Å². The molecule has 0 aliphatic heterocycles. The molecule has 0 saturated carbocycles. The fraction of sp³-hybridized carbons (Fsp3) is 0.0800. The Bertz CT molecular complexity index is 1050. The first-order valence-corrected chi connectivity index (χ1v) is 10.1.